The summed E-state index contributed by atoms with van der Waals surface area (Å²) in [6, 6.07) is 10.7. The number of aromatic hydroxyl groups is 1. The minimum absolute atomic E-state index is 0.0443. The van der Waals surface area contributed by atoms with Crippen LogP contribution in [0.4, 0.5) is 17.3 Å². The standard InChI is InChI=1S/C17H17N5O2S/c1-3-12(14-8-7-10(2)24-14)19-16-17(22-25-21-16)20-13-6-4-5-11(9-18)15(13)23/h4-8,12,23H,3H2,1-2H3,(H,19,21)(H,20,22)/t12-/m1/s1. The third-order valence-electron chi connectivity index (χ3n) is 3.72. The highest BCUT2D eigenvalue weighted by Crippen LogP contribution is 2.33. The molecule has 0 fully saturated rings. The smallest absolute Gasteiger partial charge is 0.188 e. The minimum Gasteiger partial charge on any atom is -0.504 e. The van der Waals surface area contributed by atoms with Crippen molar-refractivity contribution in [3.63, 3.8) is 0 Å². The van der Waals surface area contributed by atoms with E-state index >= 15 is 0 Å². The number of hydrogen-bond donors (Lipinski definition) is 3. The lowest BCUT2D eigenvalue weighted by molar-refractivity contribution is 0.452. The highest BCUT2D eigenvalue weighted by atomic mass is 32.1. The first kappa shape index (κ1) is 16.8. The summed E-state index contributed by atoms with van der Waals surface area (Å²) in [5.74, 6) is 2.61. The lowest BCUT2D eigenvalue weighted by Crippen LogP contribution is -2.10. The van der Waals surface area contributed by atoms with Gasteiger partial charge in [-0.3, -0.25) is 0 Å². The second-order valence-corrected chi connectivity index (χ2v) is 5.98. The first-order valence-corrected chi connectivity index (χ1v) is 8.50. The SMILES string of the molecule is CC[C@@H](Nc1nsnc1Nc1cccc(C#N)c1O)c1ccc(C)o1. The molecule has 2 heterocycles. The van der Waals surface area contributed by atoms with Crippen LogP contribution in [0.1, 0.15) is 36.5 Å². The topological polar surface area (TPSA) is 107 Å². The van der Waals surface area contributed by atoms with Crippen molar-refractivity contribution in [1.82, 2.24) is 8.75 Å². The molecule has 3 aromatic rings. The van der Waals surface area contributed by atoms with Gasteiger partial charge in [-0.1, -0.05) is 13.0 Å². The van der Waals surface area contributed by atoms with Crippen molar-refractivity contribution in [3.8, 4) is 11.8 Å². The Hall–Kier alpha value is -3.05. The van der Waals surface area contributed by atoms with E-state index in [1.807, 2.05) is 32.0 Å². The van der Waals surface area contributed by atoms with E-state index in [9.17, 15) is 5.11 Å². The number of nitrogens with zero attached hydrogens (tertiary/aromatic N) is 3. The second kappa shape index (κ2) is 7.23. The predicted molar refractivity (Wildman–Crippen MR) is 96.1 cm³/mol. The predicted octanol–water partition coefficient (Wildman–Crippen LogP) is 4.32. The summed E-state index contributed by atoms with van der Waals surface area (Å²) >= 11 is 1.05. The van der Waals surface area contributed by atoms with Gasteiger partial charge in [0.25, 0.3) is 0 Å². The van der Waals surface area contributed by atoms with E-state index in [1.54, 1.807) is 18.2 Å². The normalized spacial score (nSPS) is 11.7. The number of phenols is 1. The summed E-state index contributed by atoms with van der Waals surface area (Å²) in [7, 11) is 0. The second-order valence-electron chi connectivity index (χ2n) is 5.45. The molecule has 3 rings (SSSR count). The molecule has 1 aromatic carbocycles. The molecule has 8 heteroatoms. The molecular weight excluding hydrogens is 338 g/mol. The summed E-state index contributed by atoms with van der Waals surface area (Å²) in [5.41, 5.74) is 0.594. The Morgan fingerprint density at radius 1 is 1.28 bits per heavy atom. The van der Waals surface area contributed by atoms with Gasteiger partial charge in [0.1, 0.15) is 17.6 Å². The number of nitrogens with one attached hydrogen (secondary N) is 2. The molecule has 0 saturated heterocycles. The van der Waals surface area contributed by atoms with Crippen LogP contribution in [0, 0.1) is 18.3 Å². The van der Waals surface area contributed by atoms with E-state index in [0.717, 1.165) is 29.7 Å². The third kappa shape index (κ3) is 3.56. The van der Waals surface area contributed by atoms with E-state index < -0.39 is 0 Å². The van der Waals surface area contributed by atoms with Crippen molar-refractivity contribution < 1.29 is 9.52 Å². The monoisotopic (exact) mass is 355 g/mol. The van der Waals surface area contributed by atoms with E-state index in [-0.39, 0.29) is 17.4 Å². The highest BCUT2D eigenvalue weighted by Gasteiger charge is 2.18. The summed E-state index contributed by atoms with van der Waals surface area (Å²) in [4.78, 5) is 0. The van der Waals surface area contributed by atoms with Gasteiger partial charge in [-0.2, -0.15) is 14.0 Å². The fourth-order valence-corrected chi connectivity index (χ4v) is 2.88. The number of hydrogen-bond acceptors (Lipinski definition) is 8. The molecule has 0 aliphatic heterocycles. The summed E-state index contributed by atoms with van der Waals surface area (Å²) in [5, 5.41) is 25.5. The van der Waals surface area contributed by atoms with Crippen LogP contribution in [-0.2, 0) is 0 Å². The first-order valence-electron chi connectivity index (χ1n) is 7.77. The van der Waals surface area contributed by atoms with Crippen LogP contribution in [0.3, 0.4) is 0 Å². The Bertz CT molecular complexity index is 912. The number of aryl methyl sites for hydroxylation is 1. The maximum Gasteiger partial charge on any atom is 0.188 e. The van der Waals surface area contributed by atoms with Crippen molar-refractivity contribution >= 4 is 29.1 Å². The zero-order valence-electron chi connectivity index (χ0n) is 13.8. The quantitative estimate of drug-likeness (QED) is 0.565. The van der Waals surface area contributed by atoms with Gasteiger partial charge in [-0.25, -0.2) is 0 Å². The molecule has 7 nitrogen and oxygen atoms in total. The third-order valence-corrected chi connectivity index (χ3v) is 4.25. The van der Waals surface area contributed by atoms with Crippen LogP contribution in [0.2, 0.25) is 0 Å². The van der Waals surface area contributed by atoms with Gasteiger partial charge >= 0.3 is 0 Å². The molecule has 0 aliphatic carbocycles. The first-order chi connectivity index (χ1) is 12.1. The number of aromatic nitrogens is 2. The number of anilines is 3. The van der Waals surface area contributed by atoms with Crippen LogP contribution in [0.15, 0.2) is 34.7 Å². The fourth-order valence-electron chi connectivity index (χ4n) is 2.41. The van der Waals surface area contributed by atoms with Crippen molar-refractivity contribution in [1.29, 1.82) is 5.26 Å². The van der Waals surface area contributed by atoms with Gasteiger partial charge in [0.05, 0.1) is 29.0 Å². The van der Waals surface area contributed by atoms with E-state index in [2.05, 4.69) is 19.4 Å². The molecule has 0 bridgehead atoms. The van der Waals surface area contributed by atoms with Crippen LogP contribution >= 0.6 is 11.7 Å². The van der Waals surface area contributed by atoms with Gasteiger partial charge in [0.15, 0.2) is 17.4 Å². The summed E-state index contributed by atoms with van der Waals surface area (Å²) < 4.78 is 14.2. The fraction of sp³-hybridized carbons (Fsp3) is 0.235. The Balaban J connectivity index is 1.82. The zero-order chi connectivity index (χ0) is 17.8. The van der Waals surface area contributed by atoms with Crippen molar-refractivity contribution in [2.45, 2.75) is 26.3 Å². The van der Waals surface area contributed by atoms with E-state index in [1.165, 1.54) is 0 Å². The van der Waals surface area contributed by atoms with Gasteiger partial charge in [0.2, 0.25) is 0 Å². The Morgan fingerprint density at radius 2 is 2.08 bits per heavy atom. The number of rotatable bonds is 6. The summed E-state index contributed by atoms with van der Waals surface area (Å²) in [6.45, 7) is 3.95. The van der Waals surface area contributed by atoms with Crippen molar-refractivity contribution in [2.24, 2.45) is 0 Å². The molecule has 0 radical (unpaired) electrons. The Labute approximate surface area is 149 Å². The lowest BCUT2D eigenvalue weighted by Gasteiger charge is -2.15. The molecule has 0 amide bonds. The zero-order valence-corrected chi connectivity index (χ0v) is 14.6. The van der Waals surface area contributed by atoms with Gasteiger partial charge < -0.3 is 20.2 Å². The minimum atomic E-state index is -0.113. The molecule has 25 heavy (non-hydrogen) atoms. The molecule has 0 saturated carbocycles. The van der Waals surface area contributed by atoms with Crippen molar-refractivity contribution in [3.05, 3.63) is 47.4 Å². The van der Waals surface area contributed by atoms with Crippen LogP contribution in [-0.4, -0.2) is 13.9 Å². The van der Waals surface area contributed by atoms with Gasteiger partial charge in [-0.15, -0.1) is 0 Å². The Morgan fingerprint density at radius 3 is 2.76 bits per heavy atom. The number of benzene rings is 1. The molecule has 2 aromatic heterocycles. The van der Waals surface area contributed by atoms with Gasteiger partial charge in [-0.05, 0) is 37.6 Å². The van der Waals surface area contributed by atoms with Crippen LogP contribution < -0.4 is 10.6 Å². The number of para-hydroxylation sites is 1. The van der Waals surface area contributed by atoms with E-state index in [0.29, 0.717) is 17.3 Å². The largest absolute Gasteiger partial charge is 0.504 e. The molecule has 0 spiro atoms. The number of phenolic OH excluding ortho intramolecular Hbond substituents is 1. The molecule has 0 aliphatic rings. The van der Waals surface area contributed by atoms with Crippen LogP contribution in [0.5, 0.6) is 5.75 Å². The lowest BCUT2D eigenvalue weighted by atomic mass is 10.1. The number of nitriles is 1. The molecular formula is C17H17N5O2S. The average molecular weight is 355 g/mol. The molecule has 0 unspecified atom stereocenters. The van der Waals surface area contributed by atoms with E-state index in [4.69, 9.17) is 9.68 Å². The molecule has 1 atom stereocenters. The highest BCUT2D eigenvalue weighted by molar-refractivity contribution is 6.99. The average Bonchev–Trinajstić information content (AvgIpc) is 3.23. The molecule has 128 valence electrons. The van der Waals surface area contributed by atoms with Crippen molar-refractivity contribution in [2.75, 3.05) is 10.6 Å². The molecule has 3 N–H and O–H groups in total. The maximum atomic E-state index is 10.1. The number of furan rings is 1. The maximum absolute atomic E-state index is 10.1. The van der Waals surface area contributed by atoms with Crippen LogP contribution in [0.25, 0.3) is 0 Å². The van der Waals surface area contributed by atoms with Gasteiger partial charge in [0, 0.05) is 0 Å². The summed E-state index contributed by atoms with van der Waals surface area (Å²) in [6.07, 6.45) is 0.805. The Kier molecular flexibility index (Phi) is 4.86.